The normalized spacial score (nSPS) is 12.8. The fraction of sp³-hybridized carbons (Fsp3) is 0.105. The summed E-state index contributed by atoms with van der Waals surface area (Å²) in [6, 6.07) is 11.5. The van der Waals surface area contributed by atoms with Crippen LogP contribution in [0.25, 0.3) is 0 Å². The van der Waals surface area contributed by atoms with Gasteiger partial charge >= 0.3 is 0 Å². The van der Waals surface area contributed by atoms with Crippen molar-refractivity contribution < 1.29 is 19.1 Å². The standard InChI is InChI=1S/C19H15N5O4/c1-28-13-5-2-11(3-6-13)9-24-17(26)14-7-4-12(8-15(14)18(24)27)16(25)22-19-20-10-21-23-19/h2-8,10H,9H2,1H3,(H2,20,21,22,23,25). The molecule has 3 aromatic rings. The van der Waals surface area contributed by atoms with Crippen molar-refractivity contribution in [2.75, 3.05) is 12.4 Å². The molecule has 1 aliphatic rings. The summed E-state index contributed by atoms with van der Waals surface area (Å²) in [6.07, 6.45) is 1.26. The van der Waals surface area contributed by atoms with Crippen LogP contribution in [0.15, 0.2) is 48.8 Å². The van der Waals surface area contributed by atoms with Crippen LogP contribution in [-0.2, 0) is 6.54 Å². The lowest BCUT2D eigenvalue weighted by Crippen LogP contribution is -2.29. The summed E-state index contributed by atoms with van der Waals surface area (Å²) in [5.74, 6) is -0.417. The average molecular weight is 377 g/mol. The van der Waals surface area contributed by atoms with Crippen LogP contribution < -0.4 is 10.1 Å². The minimum Gasteiger partial charge on any atom is -0.497 e. The van der Waals surface area contributed by atoms with Gasteiger partial charge in [0.25, 0.3) is 17.7 Å². The SMILES string of the molecule is COc1ccc(CN2C(=O)c3ccc(C(=O)Nc4ncn[nH]4)cc3C2=O)cc1. The number of ether oxygens (including phenoxy) is 1. The van der Waals surface area contributed by atoms with Gasteiger partial charge in [-0.05, 0) is 35.9 Å². The molecule has 0 radical (unpaired) electrons. The van der Waals surface area contributed by atoms with Crippen molar-refractivity contribution in [2.45, 2.75) is 6.54 Å². The molecular formula is C19H15N5O4. The van der Waals surface area contributed by atoms with Crippen LogP contribution in [0.2, 0.25) is 0 Å². The third kappa shape index (κ3) is 3.09. The Morgan fingerprint density at radius 2 is 1.86 bits per heavy atom. The number of nitrogens with one attached hydrogen (secondary N) is 2. The number of carbonyl (C=O) groups excluding carboxylic acids is 3. The van der Waals surface area contributed by atoms with Crippen molar-refractivity contribution in [3.8, 4) is 5.75 Å². The summed E-state index contributed by atoms with van der Waals surface area (Å²) in [7, 11) is 1.56. The first-order valence-corrected chi connectivity index (χ1v) is 8.36. The molecular weight excluding hydrogens is 362 g/mol. The van der Waals surface area contributed by atoms with E-state index in [2.05, 4.69) is 20.5 Å². The molecule has 4 rings (SSSR count). The molecule has 2 N–H and O–H groups in total. The second kappa shape index (κ2) is 6.95. The smallest absolute Gasteiger partial charge is 0.261 e. The molecule has 9 heteroatoms. The first-order valence-electron chi connectivity index (χ1n) is 8.36. The summed E-state index contributed by atoms with van der Waals surface area (Å²) >= 11 is 0. The van der Waals surface area contributed by atoms with Crippen LogP contribution in [0, 0.1) is 0 Å². The lowest BCUT2D eigenvalue weighted by molar-refractivity contribution is 0.0642. The van der Waals surface area contributed by atoms with E-state index in [1.165, 1.54) is 24.5 Å². The zero-order valence-corrected chi connectivity index (χ0v) is 14.8. The summed E-state index contributed by atoms with van der Waals surface area (Å²) < 4.78 is 5.11. The van der Waals surface area contributed by atoms with Gasteiger partial charge in [-0.25, -0.2) is 5.10 Å². The molecule has 140 valence electrons. The van der Waals surface area contributed by atoms with E-state index in [9.17, 15) is 14.4 Å². The number of H-pyrrole nitrogens is 1. The minimum atomic E-state index is -0.464. The Morgan fingerprint density at radius 1 is 1.11 bits per heavy atom. The Morgan fingerprint density at radius 3 is 2.54 bits per heavy atom. The molecule has 0 atom stereocenters. The summed E-state index contributed by atoms with van der Waals surface area (Å²) in [6.45, 7) is 0.135. The highest BCUT2D eigenvalue weighted by Gasteiger charge is 2.36. The van der Waals surface area contributed by atoms with E-state index < -0.39 is 17.7 Å². The van der Waals surface area contributed by atoms with Gasteiger partial charge in [-0.3, -0.25) is 24.6 Å². The lowest BCUT2D eigenvalue weighted by atomic mass is 10.1. The van der Waals surface area contributed by atoms with Crippen LogP contribution in [0.1, 0.15) is 36.6 Å². The predicted molar refractivity (Wildman–Crippen MR) is 98.0 cm³/mol. The molecule has 2 heterocycles. The highest BCUT2D eigenvalue weighted by molar-refractivity contribution is 6.22. The number of aromatic nitrogens is 3. The Bertz CT molecular complexity index is 1060. The van der Waals surface area contributed by atoms with Gasteiger partial charge < -0.3 is 4.74 Å². The number of benzene rings is 2. The average Bonchev–Trinajstić information content (AvgIpc) is 3.31. The lowest BCUT2D eigenvalue weighted by Gasteiger charge is -2.14. The van der Waals surface area contributed by atoms with Crippen LogP contribution in [0.5, 0.6) is 5.75 Å². The topological polar surface area (TPSA) is 117 Å². The molecule has 3 amide bonds. The maximum atomic E-state index is 12.7. The monoisotopic (exact) mass is 377 g/mol. The van der Waals surface area contributed by atoms with E-state index in [1.54, 1.807) is 31.4 Å². The van der Waals surface area contributed by atoms with Gasteiger partial charge in [0.15, 0.2) is 0 Å². The van der Waals surface area contributed by atoms with Gasteiger partial charge in [0.05, 0.1) is 24.8 Å². The summed E-state index contributed by atoms with van der Waals surface area (Å²) in [5.41, 5.74) is 1.50. The first kappa shape index (κ1) is 17.4. The van der Waals surface area contributed by atoms with Crippen LogP contribution in [-0.4, -0.2) is 44.9 Å². The van der Waals surface area contributed by atoms with E-state index in [0.717, 1.165) is 10.5 Å². The number of nitrogens with zero attached hydrogens (tertiary/aromatic N) is 3. The van der Waals surface area contributed by atoms with Crippen molar-refractivity contribution >= 4 is 23.7 Å². The van der Waals surface area contributed by atoms with Crippen LogP contribution in [0.3, 0.4) is 0 Å². The third-order valence-electron chi connectivity index (χ3n) is 4.38. The number of amides is 3. The van der Waals surface area contributed by atoms with Crippen molar-refractivity contribution in [3.63, 3.8) is 0 Å². The van der Waals surface area contributed by atoms with Gasteiger partial charge in [0.1, 0.15) is 12.1 Å². The number of hydrogen-bond donors (Lipinski definition) is 2. The molecule has 0 spiro atoms. The number of rotatable bonds is 5. The molecule has 0 fully saturated rings. The van der Waals surface area contributed by atoms with Crippen LogP contribution in [0.4, 0.5) is 5.95 Å². The van der Waals surface area contributed by atoms with E-state index in [4.69, 9.17) is 4.74 Å². The maximum Gasteiger partial charge on any atom is 0.261 e. The van der Waals surface area contributed by atoms with E-state index >= 15 is 0 Å². The Hall–Kier alpha value is -4.01. The highest BCUT2D eigenvalue weighted by atomic mass is 16.5. The van der Waals surface area contributed by atoms with E-state index in [0.29, 0.717) is 5.75 Å². The molecule has 2 aromatic carbocycles. The fourth-order valence-corrected chi connectivity index (χ4v) is 2.93. The quantitative estimate of drug-likeness (QED) is 0.656. The number of carbonyl (C=O) groups is 3. The molecule has 28 heavy (non-hydrogen) atoms. The number of methoxy groups -OCH3 is 1. The molecule has 1 aromatic heterocycles. The maximum absolute atomic E-state index is 12.7. The zero-order valence-electron chi connectivity index (χ0n) is 14.8. The molecule has 0 aliphatic carbocycles. The second-order valence-corrected chi connectivity index (χ2v) is 6.09. The molecule has 0 bridgehead atoms. The van der Waals surface area contributed by atoms with E-state index in [1.807, 2.05) is 0 Å². The first-order chi connectivity index (χ1) is 13.6. The van der Waals surface area contributed by atoms with Gasteiger partial charge in [0, 0.05) is 5.56 Å². The molecule has 0 unspecified atom stereocenters. The highest BCUT2D eigenvalue weighted by Crippen LogP contribution is 2.26. The number of fused-ring (bicyclic) bond motifs is 1. The largest absolute Gasteiger partial charge is 0.497 e. The van der Waals surface area contributed by atoms with Gasteiger partial charge in [-0.15, -0.1) is 0 Å². The van der Waals surface area contributed by atoms with Crippen molar-refractivity contribution in [2.24, 2.45) is 0 Å². The number of anilines is 1. The van der Waals surface area contributed by atoms with E-state index in [-0.39, 0.29) is 29.2 Å². The molecule has 0 saturated carbocycles. The van der Waals surface area contributed by atoms with Gasteiger partial charge in [0.2, 0.25) is 5.95 Å². The van der Waals surface area contributed by atoms with Gasteiger partial charge in [-0.2, -0.15) is 10.1 Å². The predicted octanol–water partition coefficient (Wildman–Crippen LogP) is 1.86. The Labute approximate surface area is 159 Å². The minimum absolute atomic E-state index is 0.135. The van der Waals surface area contributed by atoms with Crippen molar-refractivity contribution in [3.05, 3.63) is 71.0 Å². The number of hydrogen-bond acceptors (Lipinski definition) is 6. The third-order valence-corrected chi connectivity index (χ3v) is 4.38. The molecule has 9 nitrogen and oxygen atoms in total. The van der Waals surface area contributed by atoms with Crippen LogP contribution >= 0.6 is 0 Å². The summed E-state index contributed by atoms with van der Waals surface area (Å²) in [5, 5.41) is 8.69. The summed E-state index contributed by atoms with van der Waals surface area (Å²) in [4.78, 5) is 42.7. The number of aromatic amines is 1. The van der Waals surface area contributed by atoms with Gasteiger partial charge in [-0.1, -0.05) is 12.1 Å². The fourth-order valence-electron chi connectivity index (χ4n) is 2.93. The zero-order chi connectivity index (χ0) is 19.7. The number of imide groups is 1. The Kier molecular flexibility index (Phi) is 4.32. The molecule has 0 saturated heterocycles. The Balaban J connectivity index is 1.55. The van der Waals surface area contributed by atoms with Crippen molar-refractivity contribution in [1.29, 1.82) is 0 Å². The molecule has 1 aliphatic heterocycles. The van der Waals surface area contributed by atoms with Crippen molar-refractivity contribution in [1.82, 2.24) is 20.1 Å². The second-order valence-electron chi connectivity index (χ2n) is 6.09.